The minimum Gasteiger partial charge on any atom is -0.397 e. The zero-order valence-corrected chi connectivity index (χ0v) is 10.5. The molecule has 0 radical (unpaired) electrons. The molecule has 0 amide bonds. The van der Waals surface area contributed by atoms with Crippen molar-refractivity contribution in [2.75, 3.05) is 23.3 Å². The van der Waals surface area contributed by atoms with Gasteiger partial charge in [-0.2, -0.15) is 0 Å². The maximum absolute atomic E-state index is 5.87. The Hall–Kier alpha value is -2.23. The maximum Gasteiger partial charge on any atom is 0.0767 e. The van der Waals surface area contributed by atoms with Crippen LogP contribution in [0.25, 0.3) is 0 Å². The Labute approximate surface area is 107 Å². The fourth-order valence-corrected chi connectivity index (χ4v) is 1.73. The molecule has 2 rings (SSSR count). The Bertz CT molecular complexity index is 520. The number of aryl methyl sites for hydroxylation is 1. The predicted octanol–water partition coefficient (Wildman–Crippen LogP) is 2.21. The van der Waals surface area contributed by atoms with Crippen LogP contribution in [-0.2, 0) is 6.42 Å². The van der Waals surface area contributed by atoms with Crippen molar-refractivity contribution in [3.8, 4) is 0 Å². The van der Waals surface area contributed by atoms with Gasteiger partial charge in [0.2, 0.25) is 0 Å². The molecule has 4 nitrogen and oxygen atoms in total. The van der Waals surface area contributed by atoms with Gasteiger partial charge in [0.25, 0.3) is 0 Å². The second-order valence-electron chi connectivity index (χ2n) is 4.30. The summed E-state index contributed by atoms with van der Waals surface area (Å²) in [4.78, 5) is 4.24. The average Bonchev–Trinajstić information content (AvgIpc) is 2.37. The molecule has 1 heterocycles. The Morgan fingerprint density at radius 1 is 1.11 bits per heavy atom. The highest BCUT2D eigenvalue weighted by atomic mass is 14.9. The molecule has 1 aromatic carbocycles. The SMILES string of the molecule is Cc1ccc(NCCc2nccc(N)c2N)cc1. The van der Waals surface area contributed by atoms with Gasteiger partial charge in [-0.3, -0.25) is 4.98 Å². The first-order chi connectivity index (χ1) is 8.66. The number of nitrogen functional groups attached to an aromatic ring is 2. The third-order valence-electron chi connectivity index (χ3n) is 2.85. The number of nitrogens with zero attached hydrogens (tertiary/aromatic N) is 1. The van der Waals surface area contributed by atoms with Gasteiger partial charge in [0, 0.05) is 24.8 Å². The van der Waals surface area contributed by atoms with E-state index < -0.39 is 0 Å². The molecule has 0 atom stereocenters. The molecular weight excluding hydrogens is 224 g/mol. The molecule has 5 N–H and O–H groups in total. The van der Waals surface area contributed by atoms with Crippen LogP contribution in [0.15, 0.2) is 36.5 Å². The van der Waals surface area contributed by atoms with Gasteiger partial charge in [-0.25, -0.2) is 0 Å². The van der Waals surface area contributed by atoms with Crippen LogP contribution in [0.4, 0.5) is 17.1 Å². The van der Waals surface area contributed by atoms with E-state index in [1.54, 1.807) is 12.3 Å². The molecule has 2 aromatic rings. The van der Waals surface area contributed by atoms with Gasteiger partial charge in [0.1, 0.15) is 0 Å². The van der Waals surface area contributed by atoms with E-state index in [0.29, 0.717) is 11.4 Å². The summed E-state index contributed by atoms with van der Waals surface area (Å²) in [5, 5.41) is 3.33. The highest BCUT2D eigenvalue weighted by Gasteiger charge is 2.03. The van der Waals surface area contributed by atoms with E-state index in [2.05, 4.69) is 41.5 Å². The minimum absolute atomic E-state index is 0.586. The fourth-order valence-electron chi connectivity index (χ4n) is 1.73. The molecule has 0 saturated heterocycles. The second-order valence-corrected chi connectivity index (χ2v) is 4.30. The van der Waals surface area contributed by atoms with Gasteiger partial charge in [-0.1, -0.05) is 17.7 Å². The molecule has 94 valence electrons. The van der Waals surface area contributed by atoms with Crippen molar-refractivity contribution >= 4 is 17.1 Å². The summed E-state index contributed by atoms with van der Waals surface area (Å²) in [7, 11) is 0. The van der Waals surface area contributed by atoms with Gasteiger partial charge in [-0.15, -0.1) is 0 Å². The number of hydrogen-bond acceptors (Lipinski definition) is 4. The summed E-state index contributed by atoms with van der Waals surface area (Å²) in [5.74, 6) is 0. The molecule has 0 saturated carbocycles. The molecule has 0 unspecified atom stereocenters. The van der Waals surface area contributed by atoms with Crippen LogP contribution in [0, 0.1) is 6.92 Å². The van der Waals surface area contributed by atoms with Crippen molar-refractivity contribution in [2.45, 2.75) is 13.3 Å². The van der Waals surface area contributed by atoms with Crippen molar-refractivity contribution in [1.82, 2.24) is 4.98 Å². The van der Waals surface area contributed by atoms with E-state index in [0.717, 1.165) is 24.3 Å². The molecule has 1 aromatic heterocycles. The van der Waals surface area contributed by atoms with Crippen LogP contribution < -0.4 is 16.8 Å². The van der Waals surface area contributed by atoms with E-state index in [9.17, 15) is 0 Å². The number of benzene rings is 1. The number of rotatable bonds is 4. The summed E-state index contributed by atoms with van der Waals surface area (Å²) < 4.78 is 0. The Morgan fingerprint density at radius 2 is 1.83 bits per heavy atom. The summed E-state index contributed by atoms with van der Waals surface area (Å²) in [6.07, 6.45) is 2.44. The zero-order chi connectivity index (χ0) is 13.0. The van der Waals surface area contributed by atoms with Crippen LogP contribution in [0.2, 0.25) is 0 Å². The largest absolute Gasteiger partial charge is 0.397 e. The first-order valence-electron chi connectivity index (χ1n) is 5.96. The summed E-state index contributed by atoms with van der Waals surface area (Å²) in [5.41, 5.74) is 16.0. The average molecular weight is 242 g/mol. The first-order valence-corrected chi connectivity index (χ1v) is 5.96. The van der Waals surface area contributed by atoms with Gasteiger partial charge in [0.05, 0.1) is 17.1 Å². The van der Waals surface area contributed by atoms with Gasteiger partial charge in [-0.05, 0) is 25.1 Å². The Balaban J connectivity index is 1.92. The lowest BCUT2D eigenvalue weighted by molar-refractivity contribution is 0.966. The normalized spacial score (nSPS) is 10.3. The predicted molar refractivity (Wildman–Crippen MR) is 76.4 cm³/mol. The number of hydrogen-bond donors (Lipinski definition) is 3. The Morgan fingerprint density at radius 3 is 2.56 bits per heavy atom. The molecule has 18 heavy (non-hydrogen) atoms. The summed E-state index contributed by atoms with van der Waals surface area (Å²) in [6, 6.07) is 9.99. The highest BCUT2D eigenvalue weighted by molar-refractivity contribution is 5.65. The van der Waals surface area contributed by atoms with Gasteiger partial charge in [0.15, 0.2) is 0 Å². The monoisotopic (exact) mass is 242 g/mol. The lowest BCUT2D eigenvalue weighted by Gasteiger charge is -2.09. The third kappa shape index (κ3) is 2.91. The molecule has 0 aliphatic carbocycles. The second kappa shape index (κ2) is 5.40. The lowest BCUT2D eigenvalue weighted by atomic mass is 10.2. The topological polar surface area (TPSA) is 77.0 Å². The number of nitrogens with one attached hydrogen (secondary N) is 1. The van der Waals surface area contributed by atoms with Crippen molar-refractivity contribution in [2.24, 2.45) is 0 Å². The highest BCUT2D eigenvalue weighted by Crippen LogP contribution is 2.17. The van der Waals surface area contributed by atoms with Crippen LogP contribution >= 0.6 is 0 Å². The summed E-state index contributed by atoms with van der Waals surface area (Å²) >= 11 is 0. The number of pyridine rings is 1. The van der Waals surface area contributed by atoms with Crippen LogP contribution in [-0.4, -0.2) is 11.5 Å². The molecule has 4 heteroatoms. The number of nitrogens with two attached hydrogens (primary N) is 2. The molecule has 0 fully saturated rings. The first kappa shape index (κ1) is 12.2. The van der Waals surface area contributed by atoms with Crippen molar-refractivity contribution < 1.29 is 0 Å². The minimum atomic E-state index is 0.586. The number of aromatic nitrogens is 1. The van der Waals surface area contributed by atoms with E-state index in [4.69, 9.17) is 11.5 Å². The van der Waals surface area contributed by atoms with Crippen LogP contribution in [0.1, 0.15) is 11.3 Å². The van der Waals surface area contributed by atoms with Gasteiger partial charge < -0.3 is 16.8 Å². The van der Waals surface area contributed by atoms with E-state index in [-0.39, 0.29) is 0 Å². The lowest BCUT2D eigenvalue weighted by Crippen LogP contribution is -2.09. The standard InChI is InChI=1S/C14H18N4/c1-10-2-4-11(5-3-10)17-9-7-13-14(16)12(15)6-8-18-13/h2-6,8,17H,7,9,16H2,1H3,(H2,15,18). The van der Waals surface area contributed by atoms with Gasteiger partial charge >= 0.3 is 0 Å². The maximum atomic E-state index is 5.87. The number of anilines is 3. The van der Waals surface area contributed by atoms with Crippen molar-refractivity contribution in [3.63, 3.8) is 0 Å². The summed E-state index contributed by atoms with van der Waals surface area (Å²) in [6.45, 7) is 2.85. The van der Waals surface area contributed by atoms with E-state index in [1.807, 2.05) is 0 Å². The molecule has 0 bridgehead atoms. The quantitative estimate of drug-likeness (QED) is 0.768. The fraction of sp³-hybridized carbons (Fsp3) is 0.214. The Kier molecular flexibility index (Phi) is 3.67. The smallest absolute Gasteiger partial charge is 0.0767 e. The van der Waals surface area contributed by atoms with E-state index in [1.165, 1.54) is 5.56 Å². The van der Waals surface area contributed by atoms with Crippen LogP contribution in [0.3, 0.4) is 0 Å². The molecule has 0 aliphatic heterocycles. The molecule has 0 spiro atoms. The third-order valence-corrected chi connectivity index (χ3v) is 2.85. The zero-order valence-electron chi connectivity index (χ0n) is 10.5. The van der Waals surface area contributed by atoms with Crippen molar-refractivity contribution in [1.29, 1.82) is 0 Å². The van der Waals surface area contributed by atoms with Crippen molar-refractivity contribution in [3.05, 3.63) is 47.8 Å². The molecular formula is C14H18N4. The van der Waals surface area contributed by atoms with Crippen LogP contribution in [0.5, 0.6) is 0 Å². The molecule has 0 aliphatic rings. The van der Waals surface area contributed by atoms with E-state index >= 15 is 0 Å².